The average Bonchev–Trinajstić information content (AvgIpc) is 3.37. The Kier molecular flexibility index (Phi) is 6.15. The van der Waals surface area contributed by atoms with E-state index in [0.717, 1.165) is 53.9 Å². The van der Waals surface area contributed by atoms with Gasteiger partial charge in [-0.2, -0.15) is 0 Å². The molecular formula is C18H26BrN3O2S. The van der Waals surface area contributed by atoms with Crippen LogP contribution in [0.2, 0.25) is 0 Å². The fourth-order valence-corrected chi connectivity index (χ4v) is 5.00. The number of nitrogens with one attached hydrogen (secondary N) is 1. The number of rotatable bonds is 6. The molecular weight excluding hydrogens is 402 g/mol. The van der Waals surface area contributed by atoms with Gasteiger partial charge in [0, 0.05) is 24.0 Å². The zero-order valence-electron chi connectivity index (χ0n) is 14.9. The van der Waals surface area contributed by atoms with E-state index in [0.29, 0.717) is 18.2 Å². The van der Waals surface area contributed by atoms with Gasteiger partial charge in [-0.3, -0.25) is 9.59 Å². The minimum Gasteiger partial charge on any atom is -0.356 e. The van der Waals surface area contributed by atoms with Gasteiger partial charge < -0.3 is 10.2 Å². The minimum atomic E-state index is -0.108. The molecule has 1 saturated carbocycles. The van der Waals surface area contributed by atoms with Crippen molar-refractivity contribution >= 4 is 39.1 Å². The fraction of sp³-hybridized carbons (Fsp3) is 0.722. The number of halogens is 1. The average molecular weight is 428 g/mol. The highest BCUT2D eigenvalue weighted by Gasteiger charge is 2.37. The molecule has 3 rings (SSSR count). The molecule has 0 spiro atoms. The quantitative estimate of drug-likeness (QED) is 0.699. The molecule has 1 aliphatic carbocycles. The number of hydrogen-bond donors (Lipinski definition) is 1. The van der Waals surface area contributed by atoms with Crippen molar-refractivity contribution in [2.75, 3.05) is 13.1 Å². The minimum absolute atomic E-state index is 0.0117. The third-order valence-corrected chi connectivity index (χ3v) is 6.79. The monoisotopic (exact) mass is 427 g/mol. The summed E-state index contributed by atoms with van der Waals surface area (Å²) in [6, 6.07) is 0.153. The first-order chi connectivity index (χ1) is 12.0. The Labute approximate surface area is 161 Å². The van der Waals surface area contributed by atoms with Gasteiger partial charge in [0.25, 0.3) is 5.91 Å². The van der Waals surface area contributed by atoms with Crippen molar-refractivity contribution in [1.29, 1.82) is 0 Å². The third-order valence-electron chi connectivity index (χ3n) is 5.12. The SMILES string of the molecule is CCCCNC(=O)[C@@H]1CC[C@@H](C)N(C(=O)c2nc(Br)sc2C2CC2)C1. The Morgan fingerprint density at radius 1 is 1.32 bits per heavy atom. The summed E-state index contributed by atoms with van der Waals surface area (Å²) >= 11 is 5.01. The maximum Gasteiger partial charge on any atom is 0.273 e. The van der Waals surface area contributed by atoms with E-state index in [2.05, 4.69) is 40.1 Å². The van der Waals surface area contributed by atoms with Crippen LogP contribution in [-0.2, 0) is 4.79 Å². The molecule has 1 aliphatic heterocycles. The largest absolute Gasteiger partial charge is 0.356 e. The van der Waals surface area contributed by atoms with Crippen molar-refractivity contribution in [1.82, 2.24) is 15.2 Å². The van der Waals surface area contributed by atoms with Crippen molar-refractivity contribution in [2.45, 2.75) is 64.3 Å². The second-order valence-corrected chi connectivity index (χ2v) is 9.49. The van der Waals surface area contributed by atoms with E-state index in [9.17, 15) is 9.59 Å². The number of unbranched alkanes of at least 4 members (excludes halogenated alkanes) is 1. The van der Waals surface area contributed by atoms with E-state index in [-0.39, 0.29) is 23.8 Å². The topological polar surface area (TPSA) is 62.3 Å². The maximum atomic E-state index is 13.1. The predicted molar refractivity (Wildman–Crippen MR) is 103 cm³/mol. The zero-order valence-corrected chi connectivity index (χ0v) is 17.3. The molecule has 2 atom stereocenters. The van der Waals surface area contributed by atoms with Crippen LogP contribution >= 0.6 is 27.3 Å². The van der Waals surface area contributed by atoms with Crippen LogP contribution in [-0.4, -0.2) is 40.8 Å². The molecule has 2 fully saturated rings. The number of nitrogens with zero attached hydrogens (tertiary/aromatic N) is 2. The van der Waals surface area contributed by atoms with E-state index in [1.165, 1.54) is 0 Å². The summed E-state index contributed by atoms with van der Waals surface area (Å²) in [5, 5.41) is 3.01. The van der Waals surface area contributed by atoms with E-state index < -0.39 is 0 Å². The van der Waals surface area contributed by atoms with Crippen LogP contribution in [0.3, 0.4) is 0 Å². The molecule has 2 heterocycles. The summed E-state index contributed by atoms with van der Waals surface area (Å²) in [7, 11) is 0. The van der Waals surface area contributed by atoms with Crippen LogP contribution in [0.4, 0.5) is 0 Å². The van der Waals surface area contributed by atoms with Crippen LogP contribution in [0.15, 0.2) is 3.92 Å². The van der Waals surface area contributed by atoms with E-state index >= 15 is 0 Å². The number of thiazole rings is 1. The number of likely N-dealkylation sites (tertiary alicyclic amines) is 1. The van der Waals surface area contributed by atoms with Gasteiger partial charge in [-0.25, -0.2) is 4.98 Å². The Morgan fingerprint density at radius 3 is 2.76 bits per heavy atom. The van der Waals surface area contributed by atoms with Crippen molar-refractivity contribution in [2.24, 2.45) is 5.92 Å². The van der Waals surface area contributed by atoms with Crippen molar-refractivity contribution in [3.8, 4) is 0 Å². The lowest BCUT2D eigenvalue weighted by atomic mass is 9.92. The summed E-state index contributed by atoms with van der Waals surface area (Å²) in [5.74, 6) is 0.460. The number of hydrogen-bond acceptors (Lipinski definition) is 4. The molecule has 138 valence electrons. The molecule has 1 aromatic heterocycles. The third kappa shape index (κ3) is 4.42. The summed E-state index contributed by atoms with van der Waals surface area (Å²) < 4.78 is 0.774. The van der Waals surface area contributed by atoms with Gasteiger partial charge in [0.2, 0.25) is 5.91 Å². The molecule has 1 saturated heterocycles. The number of piperidine rings is 1. The van der Waals surface area contributed by atoms with Crippen LogP contribution in [0, 0.1) is 5.92 Å². The van der Waals surface area contributed by atoms with Gasteiger partial charge in [0.1, 0.15) is 5.69 Å². The Bertz CT molecular complexity index is 644. The highest BCUT2D eigenvalue weighted by Crippen LogP contribution is 2.45. The van der Waals surface area contributed by atoms with Crippen LogP contribution in [0.5, 0.6) is 0 Å². The molecule has 0 aromatic carbocycles. The van der Waals surface area contributed by atoms with Crippen molar-refractivity contribution < 1.29 is 9.59 Å². The summed E-state index contributed by atoms with van der Waals surface area (Å²) in [6.07, 6.45) is 6.06. The molecule has 1 aromatic rings. The zero-order chi connectivity index (χ0) is 18.0. The molecule has 5 nitrogen and oxygen atoms in total. The van der Waals surface area contributed by atoms with Gasteiger partial charge in [-0.05, 0) is 60.9 Å². The molecule has 2 amide bonds. The smallest absolute Gasteiger partial charge is 0.273 e. The Balaban J connectivity index is 1.69. The second-order valence-electron chi connectivity index (χ2n) is 7.18. The van der Waals surface area contributed by atoms with Crippen molar-refractivity contribution in [3.63, 3.8) is 0 Å². The lowest BCUT2D eigenvalue weighted by Crippen LogP contribution is -2.49. The first kappa shape index (κ1) is 18.8. The lowest BCUT2D eigenvalue weighted by Gasteiger charge is -2.37. The summed E-state index contributed by atoms with van der Waals surface area (Å²) in [5.41, 5.74) is 0.596. The molecule has 0 radical (unpaired) electrons. The van der Waals surface area contributed by atoms with Gasteiger partial charge in [-0.15, -0.1) is 11.3 Å². The fourth-order valence-electron chi connectivity index (χ4n) is 3.35. The van der Waals surface area contributed by atoms with Crippen LogP contribution in [0.25, 0.3) is 0 Å². The second kappa shape index (κ2) is 8.16. The van der Waals surface area contributed by atoms with E-state index in [1.807, 2.05) is 4.90 Å². The van der Waals surface area contributed by atoms with Gasteiger partial charge >= 0.3 is 0 Å². The summed E-state index contributed by atoms with van der Waals surface area (Å²) in [6.45, 7) is 5.40. The first-order valence-corrected chi connectivity index (χ1v) is 10.9. The van der Waals surface area contributed by atoms with Crippen LogP contribution < -0.4 is 5.32 Å². The molecule has 25 heavy (non-hydrogen) atoms. The van der Waals surface area contributed by atoms with Gasteiger partial charge in [-0.1, -0.05) is 13.3 Å². The number of carbonyl (C=O) groups excluding carboxylic acids is 2. The molecule has 1 N–H and O–H groups in total. The Hall–Kier alpha value is -0.950. The Morgan fingerprint density at radius 2 is 2.08 bits per heavy atom. The molecule has 0 unspecified atom stereocenters. The highest BCUT2D eigenvalue weighted by molar-refractivity contribution is 9.11. The molecule has 0 bridgehead atoms. The standard InChI is InChI=1S/C18H26BrN3O2S/c1-3-4-9-20-16(23)13-6-5-11(2)22(10-13)17(24)14-15(12-7-8-12)25-18(19)21-14/h11-13H,3-10H2,1-2H3,(H,20,23)/t11-,13-/m1/s1. The maximum absolute atomic E-state index is 13.1. The molecule has 7 heteroatoms. The highest BCUT2D eigenvalue weighted by atomic mass is 79.9. The predicted octanol–water partition coefficient (Wildman–Crippen LogP) is 3.94. The van der Waals surface area contributed by atoms with Crippen LogP contribution in [0.1, 0.15) is 73.7 Å². The van der Waals surface area contributed by atoms with Gasteiger partial charge in [0.15, 0.2) is 3.92 Å². The number of amides is 2. The van der Waals surface area contributed by atoms with Crippen molar-refractivity contribution in [3.05, 3.63) is 14.5 Å². The van der Waals surface area contributed by atoms with E-state index in [4.69, 9.17) is 0 Å². The summed E-state index contributed by atoms with van der Waals surface area (Å²) in [4.78, 5) is 33.0. The number of aromatic nitrogens is 1. The first-order valence-electron chi connectivity index (χ1n) is 9.26. The van der Waals surface area contributed by atoms with Gasteiger partial charge in [0.05, 0.1) is 5.92 Å². The van der Waals surface area contributed by atoms with E-state index in [1.54, 1.807) is 11.3 Å². The normalized spacial score (nSPS) is 23.6. The molecule has 2 aliphatic rings. The lowest BCUT2D eigenvalue weighted by molar-refractivity contribution is -0.126. The number of carbonyl (C=O) groups is 2.